The second-order valence-corrected chi connectivity index (χ2v) is 8.39. The van der Waals surface area contributed by atoms with Crippen molar-refractivity contribution < 1.29 is 5.11 Å². The topological polar surface area (TPSA) is 49.5 Å². The number of aliphatic hydroxyl groups is 1. The number of fused-ring (bicyclic) bond motifs is 3. The van der Waals surface area contributed by atoms with Crippen LogP contribution in [0.1, 0.15) is 30.9 Å². The standard InChI is InChI=1S/C19H20Cl2N2OS/c20-15-9-12-11-4-7-25-19(11)14(8-13(12)17(21)18(15)22)16(24)10-23-5-2-1-3-6-23/h4,7-9,16,24H,1-3,5-6,10,22H2. The van der Waals surface area contributed by atoms with Gasteiger partial charge in [0.05, 0.1) is 21.8 Å². The number of likely N-dealkylation sites (tertiary alicyclic amines) is 1. The molecule has 0 bridgehead atoms. The van der Waals surface area contributed by atoms with E-state index in [1.165, 1.54) is 19.3 Å². The van der Waals surface area contributed by atoms with Crippen LogP contribution in [0.15, 0.2) is 23.6 Å². The molecule has 0 radical (unpaired) electrons. The minimum Gasteiger partial charge on any atom is -0.396 e. The number of hydrogen-bond acceptors (Lipinski definition) is 4. The Morgan fingerprint density at radius 1 is 1.12 bits per heavy atom. The molecule has 4 rings (SSSR count). The van der Waals surface area contributed by atoms with Crippen molar-refractivity contribution in [1.82, 2.24) is 4.90 Å². The lowest BCUT2D eigenvalue weighted by molar-refractivity contribution is 0.103. The van der Waals surface area contributed by atoms with Crippen LogP contribution in [0.4, 0.5) is 5.69 Å². The van der Waals surface area contributed by atoms with Gasteiger partial charge in [-0.15, -0.1) is 11.3 Å². The summed E-state index contributed by atoms with van der Waals surface area (Å²) in [5.74, 6) is 0. The maximum absolute atomic E-state index is 10.9. The molecule has 1 aliphatic rings. The Bertz CT molecular complexity index is 934. The van der Waals surface area contributed by atoms with Crippen molar-refractivity contribution in [3.8, 4) is 0 Å². The molecule has 6 heteroatoms. The fourth-order valence-corrected chi connectivity index (χ4v) is 5.20. The van der Waals surface area contributed by atoms with Gasteiger partial charge in [0.25, 0.3) is 0 Å². The Balaban J connectivity index is 1.83. The monoisotopic (exact) mass is 394 g/mol. The molecule has 3 nitrogen and oxygen atoms in total. The summed E-state index contributed by atoms with van der Waals surface area (Å²) in [6, 6.07) is 5.91. The van der Waals surface area contributed by atoms with Crippen LogP contribution in [-0.2, 0) is 0 Å². The number of thiophene rings is 1. The quantitative estimate of drug-likeness (QED) is 0.579. The van der Waals surface area contributed by atoms with E-state index in [9.17, 15) is 5.11 Å². The van der Waals surface area contributed by atoms with Crippen molar-refractivity contribution in [1.29, 1.82) is 0 Å². The van der Waals surface area contributed by atoms with Crippen LogP contribution in [0.5, 0.6) is 0 Å². The zero-order valence-electron chi connectivity index (χ0n) is 13.8. The second kappa shape index (κ2) is 6.93. The second-order valence-electron chi connectivity index (χ2n) is 6.69. The Kier molecular flexibility index (Phi) is 4.82. The molecule has 1 fully saturated rings. The number of benzene rings is 2. The summed E-state index contributed by atoms with van der Waals surface area (Å²) in [4.78, 5) is 2.34. The fraction of sp³-hybridized carbons (Fsp3) is 0.368. The molecule has 25 heavy (non-hydrogen) atoms. The van der Waals surface area contributed by atoms with Gasteiger partial charge in [0.15, 0.2) is 0 Å². The summed E-state index contributed by atoms with van der Waals surface area (Å²) in [5.41, 5.74) is 7.32. The molecule has 1 aromatic heterocycles. The molecule has 0 aliphatic carbocycles. The summed E-state index contributed by atoms with van der Waals surface area (Å²) in [5, 5.41) is 16.8. The summed E-state index contributed by atoms with van der Waals surface area (Å²) in [6.07, 6.45) is 3.16. The normalized spacial score (nSPS) is 17.4. The number of nitrogens with zero attached hydrogens (tertiary/aromatic N) is 1. The fourth-order valence-electron chi connectivity index (χ4n) is 3.71. The Morgan fingerprint density at radius 3 is 2.64 bits per heavy atom. The summed E-state index contributed by atoms with van der Waals surface area (Å²) >= 11 is 14.3. The van der Waals surface area contributed by atoms with Gasteiger partial charge in [-0.05, 0) is 54.9 Å². The summed E-state index contributed by atoms with van der Waals surface area (Å²) in [6.45, 7) is 2.77. The largest absolute Gasteiger partial charge is 0.396 e. The van der Waals surface area contributed by atoms with Crippen molar-refractivity contribution in [3.63, 3.8) is 0 Å². The minimum atomic E-state index is -0.545. The highest BCUT2D eigenvalue weighted by Crippen LogP contribution is 2.42. The maximum Gasteiger partial charge on any atom is 0.0930 e. The first-order chi connectivity index (χ1) is 12.1. The maximum atomic E-state index is 10.9. The molecule has 1 atom stereocenters. The first-order valence-corrected chi connectivity index (χ1v) is 10.2. The van der Waals surface area contributed by atoms with Crippen LogP contribution in [0.3, 0.4) is 0 Å². The van der Waals surface area contributed by atoms with Crippen LogP contribution in [0, 0.1) is 0 Å². The van der Waals surface area contributed by atoms with Crippen LogP contribution in [0.25, 0.3) is 20.9 Å². The average Bonchev–Trinajstić information content (AvgIpc) is 3.10. The first kappa shape index (κ1) is 17.4. The molecule has 1 aliphatic heterocycles. The van der Waals surface area contributed by atoms with Crippen LogP contribution < -0.4 is 5.73 Å². The molecular weight excluding hydrogens is 375 g/mol. The van der Waals surface area contributed by atoms with Crippen LogP contribution in [0.2, 0.25) is 10.0 Å². The third kappa shape index (κ3) is 3.11. The van der Waals surface area contributed by atoms with Crippen molar-refractivity contribution in [3.05, 3.63) is 39.2 Å². The van der Waals surface area contributed by atoms with Gasteiger partial charge in [0.2, 0.25) is 0 Å². The molecule has 132 valence electrons. The predicted octanol–water partition coefficient (Wildman–Crippen LogP) is 5.46. The van der Waals surface area contributed by atoms with Gasteiger partial charge in [-0.3, -0.25) is 0 Å². The molecule has 0 saturated carbocycles. The number of β-amino-alcohol motifs (C(OH)–C–C–N with tert-alkyl or cyclic N) is 1. The van der Waals surface area contributed by atoms with Gasteiger partial charge in [-0.2, -0.15) is 0 Å². The van der Waals surface area contributed by atoms with Crippen molar-refractivity contribution in [2.45, 2.75) is 25.4 Å². The third-order valence-corrected chi connectivity index (χ3v) is 6.73. The Hall–Kier alpha value is -1.04. The summed E-state index contributed by atoms with van der Waals surface area (Å²) in [7, 11) is 0. The Labute approximate surface area is 160 Å². The smallest absolute Gasteiger partial charge is 0.0930 e. The molecular formula is C19H20Cl2N2OS. The molecule has 1 unspecified atom stereocenters. The molecule has 2 heterocycles. The van der Waals surface area contributed by atoms with E-state index in [1.807, 2.05) is 17.5 Å². The van der Waals surface area contributed by atoms with E-state index in [4.69, 9.17) is 28.9 Å². The third-order valence-electron chi connectivity index (χ3n) is 5.05. The van der Waals surface area contributed by atoms with Crippen molar-refractivity contribution in [2.24, 2.45) is 0 Å². The molecule has 0 spiro atoms. The van der Waals surface area contributed by atoms with Gasteiger partial charge in [-0.1, -0.05) is 29.6 Å². The van der Waals surface area contributed by atoms with Crippen molar-refractivity contribution >= 4 is 61.1 Å². The van der Waals surface area contributed by atoms with Crippen LogP contribution >= 0.6 is 34.5 Å². The van der Waals surface area contributed by atoms with E-state index in [-0.39, 0.29) is 0 Å². The van der Waals surface area contributed by atoms with Crippen molar-refractivity contribution in [2.75, 3.05) is 25.4 Å². The van der Waals surface area contributed by atoms with Gasteiger partial charge in [0.1, 0.15) is 0 Å². The average molecular weight is 395 g/mol. The van der Waals surface area contributed by atoms with E-state index in [1.54, 1.807) is 11.3 Å². The number of hydrogen-bond donors (Lipinski definition) is 2. The molecule has 0 amide bonds. The first-order valence-electron chi connectivity index (χ1n) is 8.54. The predicted molar refractivity (Wildman–Crippen MR) is 109 cm³/mol. The zero-order chi connectivity index (χ0) is 17.6. The minimum absolute atomic E-state index is 0.391. The number of anilines is 1. The van der Waals surface area contributed by atoms with Crippen LogP contribution in [-0.4, -0.2) is 29.6 Å². The number of nitrogens with two attached hydrogens (primary N) is 1. The highest BCUT2D eigenvalue weighted by Gasteiger charge is 2.21. The zero-order valence-corrected chi connectivity index (χ0v) is 16.1. The number of nitrogen functional groups attached to an aromatic ring is 1. The number of piperidine rings is 1. The van der Waals surface area contributed by atoms with E-state index < -0.39 is 6.10 Å². The number of aliphatic hydroxyl groups excluding tert-OH is 1. The highest BCUT2D eigenvalue weighted by molar-refractivity contribution is 7.17. The van der Waals surface area contributed by atoms with Gasteiger partial charge < -0.3 is 15.7 Å². The lowest BCUT2D eigenvalue weighted by atomic mass is 9.98. The van der Waals surface area contributed by atoms with E-state index in [0.717, 1.165) is 39.5 Å². The lowest BCUT2D eigenvalue weighted by Crippen LogP contribution is -2.33. The number of halogens is 2. The van der Waals surface area contributed by atoms with E-state index >= 15 is 0 Å². The Morgan fingerprint density at radius 2 is 1.88 bits per heavy atom. The van der Waals surface area contributed by atoms with Gasteiger partial charge in [-0.25, -0.2) is 0 Å². The van der Waals surface area contributed by atoms with Gasteiger partial charge >= 0.3 is 0 Å². The molecule has 1 saturated heterocycles. The summed E-state index contributed by atoms with van der Waals surface area (Å²) < 4.78 is 1.09. The molecule has 3 N–H and O–H groups in total. The molecule has 3 aromatic rings. The number of rotatable bonds is 3. The lowest BCUT2D eigenvalue weighted by Gasteiger charge is -2.29. The van der Waals surface area contributed by atoms with Gasteiger partial charge in [0, 0.05) is 27.6 Å². The highest BCUT2D eigenvalue weighted by atomic mass is 35.5. The SMILES string of the molecule is Nc1c(Cl)cc2c(cc(C(O)CN3CCCCC3)c3sccc32)c1Cl. The van der Waals surface area contributed by atoms with E-state index in [2.05, 4.69) is 11.0 Å². The molecule has 2 aromatic carbocycles. The van der Waals surface area contributed by atoms with E-state index in [0.29, 0.717) is 22.3 Å².